The number of sulfone groups is 1. The first kappa shape index (κ1) is 91.2. The van der Waals surface area contributed by atoms with Crippen LogP contribution in [0.15, 0.2) is 141 Å². The van der Waals surface area contributed by atoms with Crippen molar-refractivity contribution < 1.29 is 65.3 Å². The number of aromatic nitrogens is 20. The summed E-state index contributed by atoms with van der Waals surface area (Å²) in [5, 5.41) is 61.6. The topological polar surface area (TPSA) is 583 Å². The summed E-state index contributed by atoms with van der Waals surface area (Å²) in [6.45, 7) is 2.84. The third-order valence-electron chi connectivity index (χ3n) is 22.7. The van der Waals surface area contributed by atoms with Gasteiger partial charge in [-0.05, 0) is 156 Å². The standard InChI is InChI=1S/C24H22N8O2.C22H21ClN6O3.C14H14N6O4S.C14H14N6O3S.C14H14N6O2S/c1-14-21(27-17-5-7-19(8-6-17)31-10-2-9-25-31)30-23-16(11-15-12-20(33)29-24(15)34)13-26-32(23)22(14)28-18-3-4-18;1-32-16-4-2-3-15(20(16)23)26-17-9-18(24-10-12-5-6-12)29-21(27-17)14(11-25-29)7-13-8-19(30)28-22(13)31;1-25(23,24)14-18-11-8(4-7-5-10(21)17-12(7)22)6-15-20(11)13(19-14)16-9-2-3-9;1-24(23)14-18-11-8(4-7-5-10(21)17-12(7)22)6-15-20(11)13(19-14)16-9-2-3-9;1-23-14-18-11-8(4-7-5-10(21)17-12(7)22)6-15-20(11)13(19-14)16-9-2-3-9/h2,5-11,13,18,28H,3-4,12H2,1H3,(H,27,30)(H,29,33,34);2-4,7,9,11-12,24H,5-6,8,10H2,1H3,(H,26,27)(H,28,30,31);4,6,9H,2-3,5H2,1H3,(H,16,18,19)(H,17,21,22);4,6,9H,2-3,5H2,1H3,(H,16,18,19)(H,17,21,22);4,6,9H,2-3,5H2,1H3,(H,16,18,19)(H,17,21,22)/b15-11-;13-7+;3*7-4+. The molecule has 706 valence electrons. The van der Waals surface area contributed by atoms with E-state index in [1.54, 1.807) is 86.7 Å². The molecule has 5 saturated carbocycles. The Morgan fingerprint density at radius 3 is 1.36 bits per heavy atom. The van der Waals surface area contributed by atoms with Crippen molar-refractivity contribution in [3.05, 3.63) is 164 Å². The zero-order valence-corrected chi connectivity index (χ0v) is 77.3. The van der Waals surface area contributed by atoms with Crippen LogP contribution in [-0.2, 0) is 68.6 Å². The molecule has 0 bridgehead atoms. The number of carbonyl (C=O) groups is 10. The Kier molecular flexibility index (Phi) is 25.2. The van der Waals surface area contributed by atoms with Gasteiger partial charge in [0.1, 0.15) is 34.0 Å². The maximum atomic E-state index is 12.1. The van der Waals surface area contributed by atoms with Gasteiger partial charge in [-0.1, -0.05) is 29.4 Å². The molecule has 12 N–H and O–H groups in total. The van der Waals surface area contributed by atoms with Gasteiger partial charge >= 0.3 is 0 Å². The molecule has 50 heteroatoms. The highest BCUT2D eigenvalue weighted by Crippen LogP contribution is 2.39. The first-order valence-electron chi connectivity index (χ1n) is 43.6. The van der Waals surface area contributed by atoms with Crippen molar-refractivity contribution in [1.29, 1.82) is 0 Å². The van der Waals surface area contributed by atoms with E-state index in [1.807, 2.05) is 67.9 Å². The number of nitrogens with one attached hydrogen (secondary N) is 12. The van der Waals surface area contributed by atoms with E-state index < -0.39 is 32.5 Å². The summed E-state index contributed by atoms with van der Waals surface area (Å²) in [6, 6.07) is 18.5. The van der Waals surface area contributed by atoms with Crippen LogP contribution in [0.1, 0.15) is 130 Å². The number of hydrogen-bond acceptors (Lipinski definition) is 36. The minimum absolute atomic E-state index is 0.0288. The molecule has 0 spiro atoms. The largest absolute Gasteiger partial charge is 0.495 e. The Balaban J connectivity index is 0.000000111. The number of halogens is 1. The van der Waals surface area contributed by atoms with Crippen LogP contribution in [0.2, 0.25) is 5.02 Å². The maximum absolute atomic E-state index is 12.1. The first-order chi connectivity index (χ1) is 66.5. The van der Waals surface area contributed by atoms with Crippen molar-refractivity contribution in [2.45, 2.75) is 143 Å². The Morgan fingerprint density at radius 1 is 0.500 bits per heavy atom. The summed E-state index contributed by atoms with van der Waals surface area (Å²) < 4.78 is 50.7. The normalized spacial score (nSPS) is 18.6. The molecular formula is C88H85ClN32O14S3. The van der Waals surface area contributed by atoms with Crippen molar-refractivity contribution >= 4 is 214 Å². The van der Waals surface area contributed by atoms with Crippen molar-refractivity contribution in [2.24, 2.45) is 5.92 Å². The maximum Gasteiger partial charge on any atom is 0.254 e. The SMILES string of the molecule is COc1cccc(Nc2cc(NCC3CC3)n3ncc(/C=C4\CC(=O)NC4=O)c3n2)c1Cl.CS(=O)(=O)c1nc(NC2CC2)n2ncc(/C=C3\CC(=O)NC3=O)c2n1.CS(=O)c1nc(NC2CC2)n2ncc(/C=C3\CC(=O)NC3=O)c2n1.CSc1nc(NC2CC2)n2ncc(/C=C3\CC(=O)NC3=O)c2n1.Cc1c(Nc2ccc(-n3cccn3)cc2)nc2c(/C=C3/CC(=O)NC3=O)cnn2c1NC1CC1. The summed E-state index contributed by atoms with van der Waals surface area (Å²) in [7, 11) is -3.43. The number of methoxy groups -OCH3 is 1. The number of imide groups is 5. The third kappa shape index (κ3) is 20.8. The summed E-state index contributed by atoms with van der Waals surface area (Å²) >= 11 is 7.89. The van der Waals surface area contributed by atoms with Crippen molar-refractivity contribution in [3.63, 3.8) is 0 Å². The molecule has 5 saturated heterocycles. The Morgan fingerprint density at radius 2 is 0.935 bits per heavy atom. The number of benzene rings is 2. The van der Waals surface area contributed by atoms with Gasteiger partial charge in [0.15, 0.2) is 33.4 Å². The van der Waals surface area contributed by atoms with E-state index in [9.17, 15) is 60.6 Å². The second kappa shape index (κ2) is 38.1. The van der Waals surface area contributed by atoms with Gasteiger partial charge in [-0.15, -0.1) is 0 Å². The zero-order valence-electron chi connectivity index (χ0n) is 74.1. The number of anilines is 9. The number of thioether (sulfide) groups is 1. The monoisotopic (exact) mass is 1940 g/mol. The predicted molar refractivity (Wildman–Crippen MR) is 505 cm³/mol. The van der Waals surface area contributed by atoms with Crippen LogP contribution in [0.5, 0.6) is 5.75 Å². The molecule has 138 heavy (non-hydrogen) atoms. The fourth-order valence-electron chi connectivity index (χ4n) is 14.8. The minimum atomic E-state index is -3.63. The quantitative estimate of drug-likeness (QED) is 0.0163. The molecule has 23 rings (SSSR count). The third-order valence-corrected chi connectivity index (χ3v) is 25.2. The second-order valence-corrected chi connectivity index (χ2v) is 38.1. The van der Waals surface area contributed by atoms with Gasteiger partial charge in [0.25, 0.3) is 34.7 Å². The summed E-state index contributed by atoms with van der Waals surface area (Å²) in [5.74, 6) is 1.88. The molecule has 1 atom stereocenters. The van der Waals surface area contributed by atoms with E-state index in [-0.39, 0.29) is 113 Å². The molecule has 46 nitrogen and oxygen atoms in total. The molecule has 16 heterocycles. The number of nitrogens with zero attached hydrogens (tertiary/aromatic N) is 20. The zero-order chi connectivity index (χ0) is 96.1. The second-order valence-electron chi connectivity index (χ2n) is 33.7. The van der Waals surface area contributed by atoms with Gasteiger partial charge in [-0.25, -0.2) is 28.1 Å². The highest BCUT2D eigenvalue weighted by molar-refractivity contribution is 7.98. The summed E-state index contributed by atoms with van der Waals surface area (Å²) in [5.41, 5.74) is 10.7. The van der Waals surface area contributed by atoms with Crippen molar-refractivity contribution in [3.8, 4) is 11.4 Å². The lowest BCUT2D eigenvalue weighted by atomic mass is 10.1. The number of hydrogen-bond donors (Lipinski definition) is 12. The van der Waals surface area contributed by atoms with E-state index in [0.717, 1.165) is 92.7 Å². The smallest absolute Gasteiger partial charge is 0.254 e. The highest BCUT2D eigenvalue weighted by atomic mass is 35.5. The van der Waals surface area contributed by atoms with Crippen LogP contribution in [0.25, 0.3) is 64.3 Å². The Labute approximate surface area is 793 Å². The van der Waals surface area contributed by atoms with Crippen molar-refractivity contribution in [2.75, 3.05) is 69.6 Å². The van der Waals surface area contributed by atoms with Crippen LogP contribution in [0, 0.1) is 12.8 Å². The number of rotatable bonds is 25. The Hall–Kier alpha value is -15.9. The molecule has 13 aromatic rings. The minimum Gasteiger partial charge on any atom is -0.495 e. The van der Waals surface area contributed by atoms with Gasteiger partial charge in [0.2, 0.25) is 62.4 Å². The lowest BCUT2D eigenvalue weighted by Crippen LogP contribution is -2.19. The molecule has 5 aliphatic carbocycles. The lowest BCUT2D eigenvalue weighted by Gasteiger charge is -2.16. The van der Waals surface area contributed by atoms with Crippen LogP contribution < -0.4 is 68.5 Å². The summed E-state index contributed by atoms with van der Waals surface area (Å²) in [4.78, 5) is 152. The molecule has 2 aromatic carbocycles. The number of amides is 10. The van der Waals surface area contributed by atoms with Gasteiger partial charge in [-0.2, -0.15) is 78.1 Å². The summed E-state index contributed by atoms with van der Waals surface area (Å²) in [6.07, 6.45) is 35.2. The lowest BCUT2D eigenvalue weighted by molar-refractivity contribution is -0.125. The molecule has 10 fully saturated rings. The van der Waals surface area contributed by atoms with Crippen LogP contribution in [-0.4, -0.2) is 226 Å². The van der Waals surface area contributed by atoms with Crippen LogP contribution >= 0.6 is 23.4 Å². The van der Waals surface area contributed by atoms with Crippen LogP contribution in [0.4, 0.5) is 52.5 Å². The van der Waals surface area contributed by atoms with Gasteiger partial charge in [-0.3, -0.25) is 78.7 Å². The molecule has 10 aliphatic rings. The highest BCUT2D eigenvalue weighted by Gasteiger charge is 2.35. The molecular weight excluding hydrogens is 1860 g/mol. The van der Waals surface area contributed by atoms with Gasteiger partial charge in [0, 0.05) is 129 Å². The molecule has 5 aliphatic heterocycles. The average Bonchev–Trinajstić information content (AvgIpc) is 1.60. The van der Waals surface area contributed by atoms with E-state index >= 15 is 0 Å². The fraction of sp³-hybridized carbons (Fsp3) is 0.295. The average molecular weight is 1950 g/mol. The number of ether oxygens (including phenoxy) is 1. The van der Waals surface area contributed by atoms with Crippen molar-refractivity contribution in [1.82, 2.24) is 124 Å². The predicted octanol–water partition coefficient (Wildman–Crippen LogP) is 6.61. The van der Waals surface area contributed by atoms with E-state index in [2.05, 4.69) is 124 Å². The Bertz CT molecular complexity index is 7590. The molecule has 10 amide bonds. The molecule has 0 radical (unpaired) electrons. The molecule has 1 unspecified atom stereocenters. The van der Waals surface area contributed by atoms with Gasteiger partial charge in [0.05, 0.1) is 92.4 Å². The van der Waals surface area contributed by atoms with Crippen LogP contribution in [0.3, 0.4) is 0 Å². The molecule has 11 aromatic heterocycles. The number of fused-ring (bicyclic) bond motifs is 5. The first-order valence-corrected chi connectivity index (χ1v) is 48.7. The fourth-order valence-corrected chi connectivity index (χ4v) is 16.3. The van der Waals surface area contributed by atoms with E-state index in [4.69, 9.17) is 26.3 Å². The van der Waals surface area contributed by atoms with E-state index in [1.165, 1.54) is 52.2 Å². The van der Waals surface area contributed by atoms with E-state index in [0.29, 0.717) is 142 Å². The number of carbonyl (C=O) groups excluding carboxylic acids is 10. The van der Waals surface area contributed by atoms with Gasteiger partial charge < -0.3 is 42.0 Å².